The molecule has 2 aliphatic heterocycles. The molecule has 3 rings (SSSR count). The summed E-state index contributed by atoms with van der Waals surface area (Å²) in [5, 5.41) is 0. The van der Waals surface area contributed by atoms with Crippen molar-refractivity contribution in [1.82, 2.24) is 4.98 Å². The quantitative estimate of drug-likeness (QED) is 0.840. The lowest BCUT2D eigenvalue weighted by molar-refractivity contribution is 0.0302. The van der Waals surface area contributed by atoms with E-state index in [2.05, 4.69) is 22.0 Å². The Hall–Kier alpha value is -1.13. The Labute approximate surface area is 102 Å². The number of nitrogens with zero attached hydrogens (tertiary/aromatic N) is 2. The van der Waals surface area contributed by atoms with Gasteiger partial charge in [0.1, 0.15) is 5.82 Å². The van der Waals surface area contributed by atoms with Crippen LogP contribution in [-0.2, 0) is 4.74 Å². The van der Waals surface area contributed by atoms with Crippen molar-refractivity contribution < 1.29 is 4.74 Å². The van der Waals surface area contributed by atoms with E-state index in [1.807, 2.05) is 13.1 Å². The zero-order valence-electron chi connectivity index (χ0n) is 10.2. The van der Waals surface area contributed by atoms with Crippen LogP contribution in [0.2, 0.25) is 0 Å². The lowest BCUT2D eigenvalue weighted by atomic mass is 10.1. The van der Waals surface area contributed by atoms with Gasteiger partial charge in [0.25, 0.3) is 0 Å². The number of nitrogens with two attached hydrogens (primary N) is 1. The highest BCUT2D eigenvalue weighted by Gasteiger charge is 2.34. The summed E-state index contributed by atoms with van der Waals surface area (Å²) in [6, 6.07) is 4.20. The minimum absolute atomic E-state index is 0.0532. The number of pyridine rings is 1. The van der Waals surface area contributed by atoms with Crippen molar-refractivity contribution in [2.24, 2.45) is 5.73 Å². The van der Waals surface area contributed by atoms with Gasteiger partial charge in [-0.05, 0) is 31.4 Å². The largest absolute Gasteiger partial charge is 0.371 e. The molecule has 0 aliphatic carbocycles. The van der Waals surface area contributed by atoms with Crippen molar-refractivity contribution in [3.8, 4) is 0 Å². The number of ether oxygens (including phenoxy) is 1. The van der Waals surface area contributed by atoms with Gasteiger partial charge >= 0.3 is 0 Å². The minimum atomic E-state index is 0.0532. The van der Waals surface area contributed by atoms with Crippen molar-refractivity contribution in [3.63, 3.8) is 0 Å². The molecule has 3 atom stereocenters. The van der Waals surface area contributed by atoms with Gasteiger partial charge in [0, 0.05) is 25.3 Å². The van der Waals surface area contributed by atoms with Gasteiger partial charge in [0.2, 0.25) is 0 Å². The molecule has 4 heteroatoms. The van der Waals surface area contributed by atoms with E-state index < -0.39 is 0 Å². The van der Waals surface area contributed by atoms with Crippen molar-refractivity contribution >= 4 is 5.82 Å². The number of hydrogen-bond donors (Lipinski definition) is 1. The summed E-state index contributed by atoms with van der Waals surface area (Å²) < 4.78 is 5.82. The normalized spacial score (nSPS) is 29.4. The predicted octanol–water partition coefficient (Wildman–Crippen LogP) is 1.47. The molecule has 0 aromatic carbocycles. The summed E-state index contributed by atoms with van der Waals surface area (Å²) in [5.74, 6) is 1.05. The average Bonchev–Trinajstić information content (AvgIpc) is 2.68. The molecular weight excluding hydrogens is 214 g/mol. The van der Waals surface area contributed by atoms with Crippen molar-refractivity contribution in [1.29, 1.82) is 0 Å². The van der Waals surface area contributed by atoms with Crippen molar-refractivity contribution in [2.75, 3.05) is 18.0 Å². The highest BCUT2D eigenvalue weighted by molar-refractivity contribution is 5.41. The van der Waals surface area contributed by atoms with Crippen LogP contribution in [0.5, 0.6) is 0 Å². The van der Waals surface area contributed by atoms with Gasteiger partial charge in [-0.3, -0.25) is 0 Å². The second kappa shape index (κ2) is 4.27. The molecule has 17 heavy (non-hydrogen) atoms. The number of fused-ring (bicyclic) bond motifs is 2. The molecule has 2 unspecified atom stereocenters. The highest BCUT2D eigenvalue weighted by atomic mass is 16.5. The summed E-state index contributed by atoms with van der Waals surface area (Å²) in [4.78, 5) is 6.84. The maximum atomic E-state index is 5.82. The topological polar surface area (TPSA) is 51.4 Å². The molecule has 0 spiro atoms. The zero-order valence-corrected chi connectivity index (χ0v) is 10.2. The molecule has 92 valence electrons. The smallest absolute Gasteiger partial charge is 0.128 e. The predicted molar refractivity (Wildman–Crippen MR) is 66.9 cm³/mol. The van der Waals surface area contributed by atoms with E-state index >= 15 is 0 Å². The van der Waals surface area contributed by atoms with E-state index in [4.69, 9.17) is 10.5 Å². The molecule has 2 saturated heterocycles. The SMILES string of the molecule is C[C@@H](N)c1ccc(N2CC3CCC(C2)O3)nc1. The van der Waals surface area contributed by atoms with Crippen molar-refractivity contribution in [2.45, 2.75) is 38.0 Å². The molecule has 4 nitrogen and oxygen atoms in total. The molecule has 2 N–H and O–H groups in total. The van der Waals surface area contributed by atoms with Crippen LogP contribution in [0.3, 0.4) is 0 Å². The zero-order chi connectivity index (χ0) is 11.8. The first-order valence-corrected chi connectivity index (χ1v) is 6.34. The monoisotopic (exact) mass is 233 g/mol. The second-order valence-corrected chi connectivity index (χ2v) is 5.10. The van der Waals surface area contributed by atoms with Crippen LogP contribution in [0.4, 0.5) is 5.82 Å². The van der Waals surface area contributed by atoms with Crippen LogP contribution >= 0.6 is 0 Å². The summed E-state index contributed by atoms with van der Waals surface area (Å²) in [6.45, 7) is 3.92. The Balaban J connectivity index is 1.75. The average molecular weight is 233 g/mol. The van der Waals surface area contributed by atoms with Gasteiger partial charge in [-0.1, -0.05) is 6.07 Å². The van der Waals surface area contributed by atoms with Crippen LogP contribution in [0.1, 0.15) is 31.4 Å². The number of morpholine rings is 1. The molecule has 0 amide bonds. The summed E-state index contributed by atoms with van der Waals surface area (Å²) in [6.07, 6.45) is 5.09. The van der Waals surface area contributed by atoms with Gasteiger partial charge in [-0.2, -0.15) is 0 Å². The Kier molecular flexibility index (Phi) is 2.76. The lowest BCUT2D eigenvalue weighted by Crippen LogP contribution is -2.43. The summed E-state index contributed by atoms with van der Waals surface area (Å²) in [5.41, 5.74) is 6.91. The number of rotatable bonds is 2. The van der Waals surface area contributed by atoms with E-state index in [-0.39, 0.29) is 6.04 Å². The van der Waals surface area contributed by atoms with Crippen LogP contribution in [0.15, 0.2) is 18.3 Å². The van der Waals surface area contributed by atoms with Gasteiger partial charge < -0.3 is 15.4 Å². The maximum Gasteiger partial charge on any atom is 0.128 e. The molecule has 1 aromatic heterocycles. The standard InChI is InChI=1S/C13H19N3O/c1-9(14)10-2-5-13(15-6-10)16-7-11-3-4-12(8-16)17-11/h2,5-6,9,11-12H,3-4,7-8,14H2,1H3/t9-,11?,12?/m1/s1. The first-order valence-electron chi connectivity index (χ1n) is 6.34. The minimum Gasteiger partial charge on any atom is -0.371 e. The molecule has 2 aliphatic rings. The molecule has 0 radical (unpaired) electrons. The van der Waals surface area contributed by atoms with E-state index in [0.29, 0.717) is 12.2 Å². The van der Waals surface area contributed by atoms with E-state index in [9.17, 15) is 0 Å². The Morgan fingerprint density at radius 1 is 1.35 bits per heavy atom. The molecule has 1 aromatic rings. The van der Waals surface area contributed by atoms with Crippen LogP contribution in [0, 0.1) is 0 Å². The lowest BCUT2D eigenvalue weighted by Gasteiger charge is -2.33. The fourth-order valence-corrected chi connectivity index (χ4v) is 2.66. The van der Waals surface area contributed by atoms with E-state index in [0.717, 1.165) is 24.5 Å². The summed E-state index contributed by atoms with van der Waals surface area (Å²) in [7, 11) is 0. The van der Waals surface area contributed by atoms with E-state index in [1.54, 1.807) is 0 Å². The number of hydrogen-bond acceptors (Lipinski definition) is 4. The van der Waals surface area contributed by atoms with Gasteiger partial charge in [0.15, 0.2) is 0 Å². The third-order valence-electron chi connectivity index (χ3n) is 3.66. The third kappa shape index (κ3) is 2.15. The maximum absolute atomic E-state index is 5.82. The molecular formula is C13H19N3O. The molecule has 2 fully saturated rings. The third-order valence-corrected chi connectivity index (χ3v) is 3.66. The van der Waals surface area contributed by atoms with Crippen LogP contribution in [-0.4, -0.2) is 30.3 Å². The van der Waals surface area contributed by atoms with Gasteiger partial charge in [-0.25, -0.2) is 4.98 Å². The van der Waals surface area contributed by atoms with Crippen LogP contribution in [0.25, 0.3) is 0 Å². The van der Waals surface area contributed by atoms with Gasteiger partial charge in [-0.15, -0.1) is 0 Å². The number of anilines is 1. The highest BCUT2D eigenvalue weighted by Crippen LogP contribution is 2.28. The second-order valence-electron chi connectivity index (χ2n) is 5.10. The molecule has 3 heterocycles. The Morgan fingerprint density at radius 2 is 2.06 bits per heavy atom. The first-order chi connectivity index (χ1) is 8.22. The Bertz CT molecular complexity index is 378. The van der Waals surface area contributed by atoms with Crippen molar-refractivity contribution in [3.05, 3.63) is 23.9 Å². The van der Waals surface area contributed by atoms with Crippen LogP contribution < -0.4 is 10.6 Å². The molecule has 2 bridgehead atoms. The Morgan fingerprint density at radius 3 is 2.59 bits per heavy atom. The van der Waals surface area contributed by atoms with E-state index in [1.165, 1.54) is 12.8 Å². The number of aromatic nitrogens is 1. The summed E-state index contributed by atoms with van der Waals surface area (Å²) >= 11 is 0. The fourth-order valence-electron chi connectivity index (χ4n) is 2.66. The molecule has 0 saturated carbocycles. The fraction of sp³-hybridized carbons (Fsp3) is 0.615. The van der Waals surface area contributed by atoms with Gasteiger partial charge in [0.05, 0.1) is 12.2 Å². The first kappa shape index (κ1) is 11.0.